The number of nitrogens with two attached hydrogens (primary N) is 1. The molecule has 5 rings (SSSR count). The molecule has 220 valence electrons. The summed E-state index contributed by atoms with van der Waals surface area (Å²) < 4.78 is 5.31. The Hall–Kier alpha value is -3.73. The number of carbonyl (C=O) groups excluding carboxylic acids is 3. The van der Waals surface area contributed by atoms with Crippen molar-refractivity contribution in [1.29, 1.82) is 0 Å². The minimum Gasteiger partial charge on any atom is -0.449 e. The van der Waals surface area contributed by atoms with Gasteiger partial charge in [0, 0.05) is 56.9 Å². The normalized spacial score (nSPS) is 22.4. The molecule has 3 heterocycles. The van der Waals surface area contributed by atoms with E-state index in [1.165, 1.54) is 0 Å². The number of anilines is 1. The molecule has 1 aromatic heterocycles. The second-order valence-electron chi connectivity index (χ2n) is 11.6. The SMILES string of the molecule is CCCCOC(=O)N1CCN(C(=O)[C@@H](NC(=O)c2cc(N3C[C@@H]4[C@H](N)[C@@H]4C3)nc(-c3ccccc3)n2)C(C)C)CC1. The van der Waals surface area contributed by atoms with Crippen LogP contribution in [0.25, 0.3) is 11.4 Å². The van der Waals surface area contributed by atoms with E-state index in [0.717, 1.165) is 31.5 Å². The van der Waals surface area contributed by atoms with Crippen LogP contribution in [0.3, 0.4) is 0 Å². The van der Waals surface area contributed by atoms with Crippen LogP contribution in [0.1, 0.15) is 44.1 Å². The van der Waals surface area contributed by atoms with Gasteiger partial charge in [-0.25, -0.2) is 14.8 Å². The van der Waals surface area contributed by atoms with Gasteiger partial charge in [-0.1, -0.05) is 57.5 Å². The zero-order chi connectivity index (χ0) is 29.1. The minimum absolute atomic E-state index is 0.148. The molecular formula is C30H41N7O4. The molecule has 4 atom stereocenters. The summed E-state index contributed by atoms with van der Waals surface area (Å²) in [7, 11) is 0. The van der Waals surface area contributed by atoms with Gasteiger partial charge >= 0.3 is 6.09 Å². The quantitative estimate of drug-likeness (QED) is 0.444. The van der Waals surface area contributed by atoms with Crippen LogP contribution in [0.4, 0.5) is 10.6 Å². The van der Waals surface area contributed by atoms with Crippen LogP contribution in [-0.2, 0) is 9.53 Å². The van der Waals surface area contributed by atoms with Crippen molar-refractivity contribution in [2.24, 2.45) is 23.5 Å². The number of nitrogens with zero attached hydrogens (tertiary/aromatic N) is 5. The van der Waals surface area contributed by atoms with Gasteiger partial charge < -0.3 is 30.5 Å². The predicted molar refractivity (Wildman–Crippen MR) is 155 cm³/mol. The number of rotatable bonds is 9. The van der Waals surface area contributed by atoms with Crippen molar-refractivity contribution in [2.75, 3.05) is 50.8 Å². The standard InChI is InChI=1S/C30H41N7O4/c1-4-5-15-41-30(40)36-13-11-35(12-14-36)29(39)26(19(2)3)34-28(38)23-16-24(37-17-21-22(18-37)25(21)31)33-27(32-23)20-9-7-6-8-10-20/h6-10,16,19,21-22,25-26H,4-5,11-15,17-18,31H2,1-3H3,(H,34,38)/t21-,22+,25-,26-/m0/s1. The molecule has 0 radical (unpaired) electrons. The molecule has 1 aliphatic carbocycles. The maximum absolute atomic E-state index is 13.6. The number of fused-ring (bicyclic) bond motifs is 1. The molecule has 11 heteroatoms. The van der Waals surface area contributed by atoms with E-state index in [1.54, 1.807) is 15.9 Å². The maximum Gasteiger partial charge on any atom is 0.409 e. The molecule has 2 saturated heterocycles. The second-order valence-corrected chi connectivity index (χ2v) is 11.6. The number of amides is 3. The lowest BCUT2D eigenvalue weighted by Gasteiger charge is -2.36. The van der Waals surface area contributed by atoms with E-state index in [1.807, 2.05) is 51.1 Å². The Kier molecular flexibility index (Phi) is 8.72. The minimum atomic E-state index is -0.735. The number of hydrogen-bond acceptors (Lipinski definition) is 8. The highest BCUT2D eigenvalue weighted by atomic mass is 16.6. The molecular weight excluding hydrogens is 522 g/mol. The Bertz CT molecular complexity index is 1240. The maximum atomic E-state index is 13.6. The molecule has 1 aromatic carbocycles. The number of ether oxygens (including phenoxy) is 1. The smallest absolute Gasteiger partial charge is 0.409 e. The van der Waals surface area contributed by atoms with E-state index in [9.17, 15) is 14.4 Å². The summed E-state index contributed by atoms with van der Waals surface area (Å²) in [5.74, 6) is 1.35. The van der Waals surface area contributed by atoms with Gasteiger partial charge in [-0.05, 0) is 24.2 Å². The summed E-state index contributed by atoms with van der Waals surface area (Å²) in [6, 6.07) is 10.8. The number of unbranched alkanes of at least 4 members (excludes halogenated alkanes) is 1. The number of piperazine rings is 1. The third-order valence-corrected chi connectivity index (χ3v) is 8.35. The van der Waals surface area contributed by atoms with Crippen molar-refractivity contribution in [1.82, 2.24) is 25.1 Å². The van der Waals surface area contributed by atoms with E-state index in [2.05, 4.69) is 15.2 Å². The van der Waals surface area contributed by atoms with Crippen LogP contribution in [0.5, 0.6) is 0 Å². The van der Waals surface area contributed by atoms with Crippen LogP contribution < -0.4 is 16.0 Å². The van der Waals surface area contributed by atoms with Gasteiger partial charge in [0.25, 0.3) is 5.91 Å². The first-order chi connectivity index (χ1) is 19.8. The molecule has 0 spiro atoms. The third kappa shape index (κ3) is 6.45. The Morgan fingerprint density at radius 1 is 1.02 bits per heavy atom. The van der Waals surface area contributed by atoms with Gasteiger partial charge in [0.05, 0.1) is 6.61 Å². The summed E-state index contributed by atoms with van der Waals surface area (Å²) in [6.07, 6.45) is 1.44. The number of hydrogen-bond donors (Lipinski definition) is 2. The van der Waals surface area contributed by atoms with Crippen LogP contribution in [0.15, 0.2) is 36.4 Å². The topological polar surface area (TPSA) is 134 Å². The average molecular weight is 564 g/mol. The summed E-state index contributed by atoms with van der Waals surface area (Å²) in [5.41, 5.74) is 7.18. The average Bonchev–Trinajstić information content (AvgIpc) is 3.37. The fraction of sp³-hybridized carbons (Fsp3) is 0.567. The lowest BCUT2D eigenvalue weighted by Crippen LogP contribution is -2.57. The van der Waals surface area contributed by atoms with Crippen molar-refractivity contribution in [3.63, 3.8) is 0 Å². The molecule has 3 fully saturated rings. The van der Waals surface area contributed by atoms with E-state index in [-0.39, 0.29) is 29.7 Å². The summed E-state index contributed by atoms with van der Waals surface area (Å²) in [4.78, 5) is 54.4. The highest BCUT2D eigenvalue weighted by Crippen LogP contribution is 2.45. The molecule has 3 N–H and O–H groups in total. The Morgan fingerprint density at radius 3 is 2.32 bits per heavy atom. The van der Waals surface area contributed by atoms with Gasteiger partial charge in [0.1, 0.15) is 17.6 Å². The summed E-state index contributed by atoms with van der Waals surface area (Å²) >= 11 is 0. The third-order valence-electron chi connectivity index (χ3n) is 8.35. The zero-order valence-electron chi connectivity index (χ0n) is 24.2. The number of benzene rings is 1. The summed E-state index contributed by atoms with van der Waals surface area (Å²) in [6.45, 7) is 9.44. The number of piperidine rings is 1. The molecule has 2 aliphatic heterocycles. The first-order valence-electron chi connectivity index (χ1n) is 14.7. The van der Waals surface area contributed by atoms with E-state index < -0.39 is 11.9 Å². The first-order valence-corrected chi connectivity index (χ1v) is 14.7. The summed E-state index contributed by atoms with van der Waals surface area (Å²) in [5, 5.41) is 2.96. The monoisotopic (exact) mass is 563 g/mol. The molecule has 3 amide bonds. The molecule has 11 nitrogen and oxygen atoms in total. The zero-order valence-corrected chi connectivity index (χ0v) is 24.2. The van der Waals surface area contributed by atoms with Gasteiger partial charge in [0.2, 0.25) is 5.91 Å². The number of aromatic nitrogens is 2. The lowest BCUT2D eigenvalue weighted by atomic mass is 10.0. The second kappa shape index (κ2) is 12.4. The number of carbonyl (C=O) groups is 3. The largest absolute Gasteiger partial charge is 0.449 e. The fourth-order valence-electron chi connectivity index (χ4n) is 5.62. The predicted octanol–water partition coefficient (Wildman–Crippen LogP) is 2.37. The van der Waals surface area contributed by atoms with Crippen molar-refractivity contribution < 1.29 is 19.1 Å². The molecule has 0 unspecified atom stereocenters. The molecule has 1 saturated carbocycles. The fourth-order valence-corrected chi connectivity index (χ4v) is 5.62. The Morgan fingerprint density at radius 2 is 1.68 bits per heavy atom. The number of nitrogens with one attached hydrogen (secondary N) is 1. The van der Waals surface area contributed by atoms with Crippen LogP contribution in [0, 0.1) is 17.8 Å². The van der Waals surface area contributed by atoms with Crippen LogP contribution in [0.2, 0.25) is 0 Å². The van der Waals surface area contributed by atoms with Gasteiger partial charge in [-0.2, -0.15) is 0 Å². The van der Waals surface area contributed by atoms with E-state index in [0.29, 0.717) is 56.3 Å². The lowest BCUT2D eigenvalue weighted by molar-refractivity contribution is -0.135. The van der Waals surface area contributed by atoms with Crippen molar-refractivity contribution in [3.05, 3.63) is 42.1 Å². The van der Waals surface area contributed by atoms with Crippen LogP contribution in [-0.4, -0.2) is 95.6 Å². The van der Waals surface area contributed by atoms with Crippen molar-refractivity contribution >= 4 is 23.7 Å². The highest BCUT2D eigenvalue weighted by Gasteiger charge is 2.54. The van der Waals surface area contributed by atoms with Crippen molar-refractivity contribution in [3.8, 4) is 11.4 Å². The van der Waals surface area contributed by atoms with Gasteiger partial charge in [-0.3, -0.25) is 9.59 Å². The van der Waals surface area contributed by atoms with Gasteiger partial charge in [0.15, 0.2) is 5.82 Å². The van der Waals surface area contributed by atoms with Crippen molar-refractivity contribution in [2.45, 2.75) is 45.7 Å². The molecule has 2 aromatic rings. The Labute approximate surface area is 241 Å². The van der Waals surface area contributed by atoms with Gasteiger partial charge in [-0.15, -0.1) is 0 Å². The molecule has 0 bridgehead atoms. The highest BCUT2D eigenvalue weighted by molar-refractivity contribution is 5.97. The van der Waals surface area contributed by atoms with E-state index in [4.69, 9.17) is 15.5 Å². The molecule has 3 aliphatic rings. The Balaban J connectivity index is 1.28. The van der Waals surface area contributed by atoms with E-state index >= 15 is 0 Å². The molecule has 41 heavy (non-hydrogen) atoms. The first kappa shape index (κ1) is 28.8. The van der Waals surface area contributed by atoms with Crippen LogP contribution >= 0.6 is 0 Å².